The topological polar surface area (TPSA) is 33.7 Å². The summed E-state index contributed by atoms with van der Waals surface area (Å²) in [4.78, 5) is 2.42. The zero-order valence-corrected chi connectivity index (χ0v) is 13.0. The fraction of sp³-hybridized carbons (Fsp3) is 0.625. The number of rotatable bonds is 11. The number of benzene rings is 1. The number of ether oxygens (including phenoxy) is 2. The van der Waals surface area contributed by atoms with E-state index in [1.54, 1.807) is 7.11 Å². The predicted octanol–water partition coefficient (Wildman–Crippen LogP) is 2.14. The second-order valence-electron chi connectivity index (χ2n) is 4.69. The van der Waals surface area contributed by atoms with E-state index in [4.69, 9.17) is 9.47 Å². The molecule has 0 fully saturated rings. The van der Waals surface area contributed by atoms with Crippen molar-refractivity contribution in [2.24, 2.45) is 0 Å². The van der Waals surface area contributed by atoms with Crippen LogP contribution in [-0.4, -0.2) is 51.4 Å². The van der Waals surface area contributed by atoms with E-state index in [1.165, 1.54) is 5.56 Å². The number of nitrogens with zero attached hydrogens (tertiary/aromatic N) is 1. The second-order valence-corrected chi connectivity index (χ2v) is 4.69. The molecule has 0 atom stereocenters. The van der Waals surface area contributed by atoms with Crippen LogP contribution >= 0.6 is 0 Å². The van der Waals surface area contributed by atoms with Crippen LogP contribution in [0, 0.1) is 0 Å². The summed E-state index contributed by atoms with van der Waals surface area (Å²) in [7, 11) is 1.68. The van der Waals surface area contributed by atoms with E-state index in [1.807, 2.05) is 12.1 Å². The summed E-state index contributed by atoms with van der Waals surface area (Å²) in [6.45, 7) is 10.9. The molecule has 0 aliphatic carbocycles. The molecule has 0 radical (unpaired) electrons. The molecule has 4 heteroatoms. The summed E-state index contributed by atoms with van der Waals surface area (Å²) >= 11 is 0. The van der Waals surface area contributed by atoms with Gasteiger partial charge >= 0.3 is 0 Å². The largest absolute Gasteiger partial charge is 0.491 e. The van der Waals surface area contributed by atoms with E-state index in [9.17, 15) is 0 Å². The van der Waals surface area contributed by atoms with Crippen LogP contribution in [0.3, 0.4) is 0 Å². The Kier molecular flexibility index (Phi) is 9.04. The third-order valence-electron chi connectivity index (χ3n) is 3.31. The summed E-state index contributed by atoms with van der Waals surface area (Å²) in [5.74, 6) is 0.897. The molecule has 1 N–H and O–H groups in total. The maximum Gasteiger partial charge on any atom is 0.119 e. The number of nitrogens with one attached hydrogen (secondary N) is 1. The van der Waals surface area contributed by atoms with Crippen molar-refractivity contribution in [1.82, 2.24) is 10.2 Å². The maximum absolute atomic E-state index is 5.54. The Bertz CT molecular complexity index is 337. The first-order chi connectivity index (χ1) is 9.80. The smallest absolute Gasteiger partial charge is 0.119 e. The zero-order valence-electron chi connectivity index (χ0n) is 13.0. The van der Waals surface area contributed by atoms with Crippen molar-refractivity contribution in [2.75, 3.05) is 46.5 Å². The summed E-state index contributed by atoms with van der Waals surface area (Å²) in [6, 6.07) is 8.23. The van der Waals surface area contributed by atoms with E-state index in [-0.39, 0.29) is 0 Å². The van der Waals surface area contributed by atoms with Gasteiger partial charge < -0.3 is 19.7 Å². The van der Waals surface area contributed by atoms with Gasteiger partial charge in [-0.25, -0.2) is 0 Å². The summed E-state index contributed by atoms with van der Waals surface area (Å²) < 4.78 is 10.5. The molecule has 20 heavy (non-hydrogen) atoms. The van der Waals surface area contributed by atoms with Gasteiger partial charge in [0, 0.05) is 26.7 Å². The van der Waals surface area contributed by atoms with Gasteiger partial charge in [0.05, 0.1) is 6.61 Å². The molecule has 0 heterocycles. The third kappa shape index (κ3) is 6.89. The molecular formula is C16H28N2O2. The molecule has 0 amide bonds. The van der Waals surface area contributed by atoms with E-state index in [0.717, 1.165) is 38.5 Å². The molecule has 0 aromatic heterocycles. The molecular weight excluding hydrogens is 252 g/mol. The highest BCUT2D eigenvalue weighted by molar-refractivity contribution is 5.27. The van der Waals surface area contributed by atoms with Crippen LogP contribution in [0.25, 0.3) is 0 Å². The van der Waals surface area contributed by atoms with Gasteiger partial charge in [-0.05, 0) is 30.8 Å². The predicted molar refractivity (Wildman–Crippen MR) is 83.3 cm³/mol. The van der Waals surface area contributed by atoms with Gasteiger partial charge in [-0.15, -0.1) is 0 Å². The number of methoxy groups -OCH3 is 1. The van der Waals surface area contributed by atoms with Gasteiger partial charge in [0.25, 0.3) is 0 Å². The van der Waals surface area contributed by atoms with Gasteiger partial charge in [0.1, 0.15) is 12.4 Å². The van der Waals surface area contributed by atoms with Crippen LogP contribution in [0.1, 0.15) is 19.4 Å². The second kappa shape index (κ2) is 10.7. The van der Waals surface area contributed by atoms with Crippen molar-refractivity contribution in [3.05, 3.63) is 29.8 Å². The van der Waals surface area contributed by atoms with Gasteiger partial charge in [-0.1, -0.05) is 26.0 Å². The molecule has 0 bridgehead atoms. The van der Waals surface area contributed by atoms with Crippen molar-refractivity contribution >= 4 is 0 Å². The van der Waals surface area contributed by atoms with Crippen LogP contribution in [0.15, 0.2) is 24.3 Å². The normalized spacial score (nSPS) is 11.0. The van der Waals surface area contributed by atoms with Crippen LogP contribution in [-0.2, 0) is 11.3 Å². The first-order valence-electron chi connectivity index (χ1n) is 7.43. The highest BCUT2D eigenvalue weighted by Gasteiger charge is 1.99. The van der Waals surface area contributed by atoms with Crippen LogP contribution in [0.4, 0.5) is 0 Å². The lowest BCUT2D eigenvalue weighted by atomic mass is 10.2. The maximum atomic E-state index is 5.54. The summed E-state index contributed by atoms with van der Waals surface area (Å²) in [5, 5.41) is 3.47. The minimum Gasteiger partial charge on any atom is -0.491 e. The van der Waals surface area contributed by atoms with Crippen molar-refractivity contribution in [3.8, 4) is 5.75 Å². The molecule has 0 aliphatic heterocycles. The first kappa shape index (κ1) is 17.0. The lowest BCUT2D eigenvalue weighted by molar-refractivity contribution is 0.146. The zero-order chi connectivity index (χ0) is 14.6. The number of hydrogen-bond donors (Lipinski definition) is 1. The van der Waals surface area contributed by atoms with Crippen molar-refractivity contribution in [1.29, 1.82) is 0 Å². The fourth-order valence-corrected chi connectivity index (χ4v) is 1.96. The molecule has 1 aromatic carbocycles. The average molecular weight is 280 g/mol. The Morgan fingerprint density at radius 1 is 1.05 bits per heavy atom. The first-order valence-corrected chi connectivity index (χ1v) is 7.43. The highest BCUT2D eigenvalue weighted by atomic mass is 16.5. The molecule has 0 saturated carbocycles. The van der Waals surface area contributed by atoms with E-state index in [0.29, 0.717) is 13.2 Å². The van der Waals surface area contributed by atoms with E-state index < -0.39 is 0 Å². The van der Waals surface area contributed by atoms with Gasteiger partial charge in [0.2, 0.25) is 0 Å². The quantitative estimate of drug-likeness (QED) is 0.630. The monoisotopic (exact) mass is 280 g/mol. The average Bonchev–Trinajstić information content (AvgIpc) is 2.49. The fourth-order valence-electron chi connectivity index (χ4n) is 1.96. The molecule has 1 rings (SSSR count). The van der Waals surface area contributed by atoms with Crippen LogP contribution < -0.4 is 10.1 Å². The number of hydrogen-bond acceptors (Lipinski definition) is 4. The van der Waals surface area contributed by atoms with Gasteiger partial charge in [-0.2, -0.15) is 0 Å². The summed E-state index contributed by atoms with van der Waals surface area (Å²) in [5.41, 5.74) is 1.28. The molecule has 0 aliphatic rings. The summed E-state index contributed by atoms with van der Waals surface area (Å²) in [6.07, 6.45) is 0. The van der Waals surface area contributed by atoms with E-state index in [2.05, 4.69) is 36.2 Å². The SMILES string of the molecule is CCN(CC)CCNCc1ccc(OCCOC)cc1. The molecule has 4 nitrogen and oxygen atoms in total. The van der Waals surface area contributed by atoms with Gasteiger partial charge in [-0.3, -0.25) is 0 Å². The standard InChI is InChI=1S/C16H28N2O2/c1-4-18(5-2)11-10-17-14-15-6-8-16(9-7-15)20-13-12-19-3/h6-9,17H,4-5,10-14H2,1-3H3. The van der Waals surface area contributed by atoms with Crippen molar-refractivity contribution in [3.63, 3.8) is 0 Å². The Morgan fingerprint density at radius 3 is 2.35 bits per heavy atom. The Balaban J connectivity index is 2.21. The third-order valence-corrected chi connectivity index (χ3v) is 3.31. The van der Waals surface area contributed by atoms with E-state index >= 15 is 0 Å². The molecule has 114 valence electrons. The minimum atomic E-state index is 0.595. The lowest BCUT2D eigenvalue weighted by Crippen LogP contribution is -2.31. The molecule has 0 unspecified atom stereocenters. The number of likely N-dealkylation sites (N-methyl/N-ethyl adjacent to an activating group) is 1. The van der Waals surface area contributed by atoms with Crippen molar-refractivity contribution in [2.45, 2.75) is 20.4 Å². The Morgan fingerprint density at radius 2 is 1.75 bits per heavy atom. The molecule has 0 spiro atoms. The lowest BCUT2D eigenvalue weighted by Gasteiger charge is -2.18. The van der Waals surface area contributed by atoms with Crippen LogP contribution in [0.2, 0.25) is 0 Å². The molecule has 0 saturated heterocycles. The van der Waals surface area contributed by atoms with Crippen LogP contribution in [0.5, 0.6) is 5.75 Å². The molecule has 1 aromatic rings. The Labute approximate surface area is 123 Å². The van der Waals surface area contributed by atoms with Crippen molar-refractivity contribution < 1.29 is 9.47 Å². The van der Waals surface area contributed by atoms with Gasteiger partial charge in [0.15, 0.2) is 0 Å². The minimum absolute atomic E-state index is 0.595. The highest BCUT2D eigenvalue weighted by Crippen LogP contribution is 2.11. The Hall–Kier alpha value is -1.10.